The fourth-order valence-electron chi connectivity index (χ4n) is 2.32. The van der Waals surface area contributed by atoms with E-state index in [2.05, 4.69) is 0 Å². The number of nitrogens with two attached hydrogens (primary N) is 1. The van der Waals surface area contributed by atoms with Crippen molar-refractivity contribution in [2.75, 3.05) is 0 Å². The van der Waals surface area contributed by atoms with Crippen LogP contribution < -0.4 is 5.73 Å². The highest BCUT2D eigenvalue weighted by atomic mass is 35.5. The Kier molecular flexibility index (Phi) is 2.98. The Bertz CT molecular complexity index is 359. The van der Waals surface area contributed by atoms with Crippen molar-refractivity contribution in [1.82, 2.24) is 0 Å². The lowest BCUT2D eigenvalue weighted by Gasteiger charge is -2.24. The van der Waals surface area contributed by atoms with E-state index in [9.17, 15) is 4.39 Å². The minimum absolute atomic E-state index is 0.169. The minimum Gasteiger partial charge on any atom is -0.325 e. The molecule has 2 N–H and O–H groups in total. The highest BCUT2D eigenvalue weighted by Crippen LogP contribution is 2.32. The van der Waals surface area contributed by atoms with Gasteiger partial charge in [0.05, 0.1) is 5.02 Å². The highest BCUT2D eigenvalue weighted by Gasteiger charge is 2.30. The van der Waals surface area contributed by atoms with Crippen LogP contribution in [0.5, 0.6) is 0 Å². The van der Waals surface area contributed by atoms with E-state index >= 15 is 0 Å². The maximum Gasteiger partial charge on any atom is 0.142 e. The molecule has 0 aromatic heterocycles. The zero-order valence-corrected chi connectivity index (χ0v) is 9.36. The fourth-order valence-corrected chi connectivity index (χ4v) is 2.51. The first-order valence-electron chi connectivity index (χ1n) is 5.32. The molecule has 0 amide bonds. The summed E-state index contributed by atoms with van der Waals surface area (Å²) >= 11 is 5.90. The Balaban J connectivity index is 2.20. The molecule has 1 aliphatic carbocycles. The summed E-state index contributed by atoms with van der Waals surface area (Å²) in [6, 6.07) is 4.93. The minimum atomic E-state index is -0.351. The molecule has 0 atom stereocenters. The van der Waals surface area contributed by atoms with Gasteiger partial charge in [0, 0.05) is 5.54 Å². The summed E-state index contributed by atoms with van der Waals surface area (Å²) in [4.78, 5) is 0. The summed E-state index contributed by atoms with van der Waals surface area (Å²) in [6.07, 6.45) is 5.05. The number of hydrogen-bond acceptors (Lipinski definition) is 1. The maximum absolute atomic E-state index is 13.2. The van der Waals surface area contributed by atoms with Crippen molar-refractivity contribution in [3.05, 3.63) is 34.6 Å². The lowest BCUT2D eigenvalue weighted by Crippen LogP contribution is -2.38. The standard InChI is InChI=1S/C12H15ClFN/c13-11-9(4-3-5-10(11)14)8-12(15)6-1-2-7-12/h3-5H,1-2,6-8,15H2. The van der Waals surface area contributed by atoms with Gasteiger partial charge in [-0.1, -0.05) is 36.6 Å². The average Bonchev–Trinajstić information content (AvgIpc) is 2.60. The maximum atomic E-state index is 13.2. The van der Waals surface area contributed by atoms with Gasteiger partial charge in [0.15, 0.2) is 0 Å². The SMILES string of the molecule is NC1(Cc2cccc(F)c2Cl)CCCC1. The fraction of sp³-hybridized carbons (Fsp3) is 0.500. The Morgan fingerprint density at radius 1 is 1.33 bits per heavy atom. The van der Waals surface area contributed by atoms with Crippen molar-refractivity contribution < 1.29 is 4.39 Å². The molecule has 0 bridgehead atoms. The third-order valence-electron chi connectivity index (χ3n) is 3.17. The quantitative estimate of drug-likeness (QED) is 0.825. The van der Waals surface area contributed by atoms with Crippen molar-refractivity contribution in [1.29, 1.82) is 0 Å². The summed E-state index contributed by atoms with van der Waals surface area (Å²) in [5.74, 6) is -0.351. The van der Waals surface area contributed by atoms with Crippen LogP contribution in [0.2, 0.25) is 5.02 Å². The molecule has 0 radical (unpaired) electrons. The van der Waals surface area contributed by atoms with Crippen molar-refractivity contribution in [3.63, 3.8) is 0 Å². The predicted molar refractivity (Wildman–Crippen MR) is 60.5 cm³/mol. The van der Waals surface area contributed by atoms with Crippen LogP contribution in [0.3, 0.4) is 0 Å². The van der Waals surface area contributed by atoms with E-state index in [0.717, 1.165) is 18.4 Å². The molecule has 1 aliphatic rings. The highest BCUT2D eigenvalue weighted by molar-refractivity contribution is 6.31. The molecule has 1 aromatic carbocycles. The van der Waals surface area contributed by atoms with Gasteiger partial charge in [0.2, 0.25) is 0 Å². The topological polar surface area (TPSA) is 26.0 Å². The van der Waals surface area contributed by atoms with E-state index in [1.54, 1.807) is 6.07 Å². The van der Waals surface area contributed by atoms with E-state index in [1.807, 2.05) is 6.07 Å². The van der Waals surface area contributed by atoms with E-state index < -0.39 is 0 Å². The summed E-state index contributed by atoms with van der Waals surface area (Å²) in [6.45, 7) is 0. The van der Waals surface area contributed by atoms with Crippen LogP contribution in [-0.2, 0) is 6.42 Å². The Hall–Kier alpha value is -0.600. The number of benzene rings is 1. The van der Waals surface area contributed by atoms with Gasteiger partial charge < -0.3 is 5.73 Å². The van der Waals surface area contributed by atoms with Gasteiger partial charge in [-0.15, -0.1) is 0 Å². The third kappa shape index (κ3) is 2.32. The summed E-state index contributed by atoms with van der Waals surface area (Å²) < 4.78 is 13.2. The molecular weight excluding hydrogens is 213 g/mol. The van der Waals surface area contributed by atoms with Crippen molar-refractivity contribution >= 4 is 11.6 Å². The second-order valence-corrected chi connectivity index (χ2v) is 4.84. The van der Waals surface area contributed by atoms with Crippen molar-refractivity contribution in [2.24, 2.45) is 5.73 Å². The monoisotopic (exact) mass is 227 g/mol. The first-order chi connectivity index (χ1) is 7.11. The number of halogens is 2. The van der Waals surface area contributed by atoms with Gasteiger partial charge in [-0.3, -0.25) is 0 Å². The Morgan fingerprint density at radius 3 is 2.67 bits per heavy atom. The first-order valence-corrected chi connectivity index (χ1v) is 5.70. The number of rotatable bonds is 2. The smallest absolute Gasteiger partial charge is 0.142 e. The summed E-state index contributed by atoms with van der Waals surface area (Å²) in [5.41, 5.74) is 6.89. The zero-order valence-electron chi connectivity index (χ0n) is 8.60. The first kappa shape index (κ1) is 10.9. The van der Waals surface area contributed by atoms with Crippen LogP contribution in [0.1, 0.15) is 31.2 Å². The lowest BCUT2D eigenvalue weighted by atomic mass is 9.90. The second kappa shape index (κ2) is 4.11. The van der Waals surface area contributed by atoms with Crippen LogP contribution in [-0.4, -0.2) is 5.54 Å². The van der Waals surface area contributed by atoms with E-state index in [0.29, 0.717) is 6.42 Å². The largest absolute Gasteiger partial charge is 0.325 e. The Morgan fingerprint density at radius 2 is 2.00 bits per heavy atom. The molecule has 2 rings (SSSR count). The molecule has 0 saturated heterocycles. The molecule has 82 valence electrons. The van der Waals surface area contributed by atoms with Crippen molar-refractivity contribution in [2.45, 2.75) is 37.6 Å². The van der Waals surface area contributed by atoms with Crippen LogP contribution >= 0.6 is 11.6 Å². The van der Waals surface area contributed by atoms with Crippen molar-refractivity contribution in [3.8, 4) is 0 Å². The van der Waals surface area contributed by atoms with Gasteiger partial charge in [-0.25, -0.2) is 4.39 Å². The molecule has 0 heterocycles. The van der Waals surface area contributed by atoms with Gasteiger partial charge in [0.25, 0.3) is 0 Å². The lowest BCUT2D eigenvalue weighted by molar-refractivity contribution is 0.435. The summed E-state index contributed by atoms with van der Waals surface area (Å²) in [5, 5.41) is 0.231. The normalized spacial score (nSPS) is 19.4. The molecule has 15 heavy (non-hydrogen) atoms. The average molecular weight is 228 g/mol. The molecule has 1 aromatic rings. The van der Waals surface area contributed by atoms with Gasteiger partial charge in [-0.2, -0.15) is 0 Å². The Labute approximate surface area is 94.4 Å². The molecule has 3 heteroatoms. The molecule has 1 fully saturated rings. The van der Waals surface area contributed by atoms with Crippen LogP contribution in [0.4, 0.5) is 4.39 Å². The van der Waals surface area contributed by atoms with Gasteiger partial charge in [0.1, 0.15) is 5.82 Å². The molecule has 0 unspecified atom stereocenters. The molecular formula is C12H15ClFN. The van der Waals surface area contributed by atoms with Crippen LogP contribution in [0, 0.1) is 5.82 Å². The zero-order chi connectivity index (χ0) is 10.9. The van der Waals surface area contributed by atoms with E-state index in [-0.39, 0.29) is 16.4 Å². The number of hydrogen-bond donors (Lipinski definition) is 1. The molecule has 1 saturated carbocycles. The summed E-state index contributed by atoms with van der Waals surface area (Å²) in [7, 11) is 0. The van der Waals surface area contributed by atoms with Gasteiger partial charge in [-0.05, 0) is 30.9 Å². The molecule has 1 nitrogen and oxygen atoms in total. The predicted octanol–water partition coefficient (Wildman–Crippen LogP) is 3.29. The molecule has 0 aliphatic heterocycles. The van der Waals surface area contributed by atoms with E-state index in [1.165, 1.54) is 18.9 Å². The van der Waals surface area contributed by atoms with E-state index in [4.69, 9.17) is 17.3 Å². The second-order valence-electron chi connectivity index (χ2n) is 4.46. The van der Waals surface area contributed by atoms with Crippen LogP contribution in [0.15, 0.2) is 18.2 Å². The molecule has 0 spiro atoms. The van der Waals surface area contributed by atoms with Crippen LogP contribution in [0.25, 0.3) is 0 Å². The van der Waals surface area contributed by atoms with Gasteiger partial charge >= 0.3 is 0 Å². The third-order valence-corrected chi connectivity index (χ3v) is 3.60.